The fourth-order valence-corrected chi connectivity index (χ4v) is 3.51. The Balaban J connectivity index is 3.02. The molecule has 0 aliphatic rings. The molecule has 20 heavy (non-hydrogen) atoms. The molecule has 11 heteroatoms. The van der Waals surface area contributed by atoms with Gasteiger partial charge in [0.2, 0.25) is 15.4 Å². The Morgan fingerprint density at radius 1 is 1.40 bits per heavy atom. The number of carbonyl (C=O) groups is 2. The first-order valence-electron chi connectivity index (χ1n) is 5.49. The molecule has 0 bridgehead atoms. The highest BCUT2D eigenvalue weighted by Crippen LogP contribution is 2.22. The van der Waals surface area contributed by atoms with Crippen LogP contribution in [0.3, 0.4) is 0 Å². The van der Waals surface area contributed by atoms with Crippen LogP contribution in [0, 0.1) is 0 Å². The number of carboxylic acid groups (broad SMARTS) is 1. The van der Waals surface area contributed by atoms with Gasteiger partial charge in [-0.25, -0.2) is 8.42 Å². The van der Waals surface area contributed by atoms with Crippen LogP contribution < -0.4 is 10.0 Å². The zero-order chi connectivity index (χ0) is 15.6. The molecule has 3 N–H and O–H groups in total. The van der Waals surface area contributed by atoms with Crippen molar-refractivity contribution < 1.29 is 23.1 Å². The minimum absolute atomic E-state index is 0.0198. The van der Waals surface area contributed by atoms with Gasteiger partial charge < -0.3 is 10.4 Å². The zero-order valence-electron chi connectivity index (χ0n) is 11.0. The molecule has 0 fully saturated rings. The number of aliphatic carboxylic acids is 1. The van der Waals surface area contributed by atoms with Crippen LogP contribution in [0.5, 0.6) is 0 Å². The van der Waals surface area contributed by atoms with Gasteiger partial charge in [-0.15, -0.1) is 10.2 Å². The van der Waals surface area contributed by atoms with Gasteiger partial charge in [0.05, 0.1) is 0 Å². The minimum Gasteiger partial charge on any atom is -0.480 e. The predicted molar refractivity (Wildman–Crippen MR) is 70.9 cm³/mol. The normalized spacial score (nSPS) is 14.6. The van der Waals surface area contributed by atoms with Crippen LogP contribution in [0.4, 0.5) is 5.13 Å². The average molecular weight is 322 g/mol. The van der Waals surface area contributed by atoms with Gasteiger partial charge in [-0.3, -0.25) is 9.59 Å². The first kappa shape index (κ1) is 16.5. The van der Waals surface area contributed by atoms with E-state index in [1.165, 1.54) is 13.8 Å². The molecule has 0 radical (unpaired) electrons. The Bertz CT molecular complexity index is 626. The molecule has 9 nitrogen and oxygen atoms in total. The second kappa shape index (κ2) is 5.81. The smallest absolute Gasteiger partial charge is 0.324 e. The van der Waals surface area contributed by atoms with Crippen molar-refractivity contribution >= 4 is 38.4 Å². The van der Waals surface area contributed by atoms with Crippen LogP contribution in [-0.4, -0.2) is 41.1 Å². The van der Waals surface area contributed by atoms with E-state index in [4.69, 9.17) is 5.11 Å². The lowest BCUT2D eigenvalue weighted by Crippen LogP contribution is -2.51. The Labute approximate surface area is 119 Å². The molecule has 1 rings (SSSR count). The van der Waals surface area contributed by atoms with E-state index in [0.29, 0.717) is 11.3 Å². The van der Waals surface area contributed by atoms with E-state index in [1.807, 2.05) is 0 Å². The number of nitrogens with zero attached hydrogens (tertiary/aromatic N) is 2. The summed E-state index contributed by atoms with van der Waals surface area (Å²) in [5.41, 5.74) is -1.64. The van der Waals surface area contributed by atoms with Crippen molar-refractivity contribution in [3.63, 3.8) is 0 Å². The van der Waals surface area contributed by atoms with Crippen molar-refractivity contribution in [3.8, 4) is 0 Å². The third-order valence-electron chi connectivity index (χ3n) is 2.46. The fraction of sp³-hybridized carbons (Fsp3) is 0.556. The van der Waals surface area contributed by atoms with Crippen molar-refractivity contribution in [1.82, 2.24) is 14.9 Å². The highest BCUT2D eigenvalue weighted by atomic mass is 32.2. The van der Waals surface area contributed by atoms with Gasteiger partial charge in [-0.2, -0.15) is 4.72 Å². The van der Waals surface area contributed by atoms with Gasteiger partial charge in [0, 0.05) is 6.92 Å². The van der Waals surface area contributed by atoms with Gasteiger partial charge in [-0.05, 0) is 13.3 Å². The summed E-state index contributed by atoms with van der Waals surface area (Å²) in [5.74, 6) is -1.71. The molecule has 0 spiro atoms. The molecular weight excluding hydrogens is 308 g/mol. The number of nitrogens with one attached hydrogen (secondary N) is 2. The topological polar surface area (TPSA) is 138 Å². The van der Waals surface area contributed by atoms with E-state index in [0.717, 1.165) is 0 Å². The number of amides is 1. The van der Waals surface area contributed by atoms with Crippen molar-refractivity contribution in [2.75, 3.05) is 5.32 Å². The summed E-state index contributed by atoms with van der Waals surface area (Å²) in [6.45, 7) is 4.04. The summed E-state index contributed by atoms with van der Waals surface area (Å²) in [4.78, 5) is 21.9. The largest absolute Gasteiger partial charge is 0.480 e. The van der Waals surface area contributed by atoms with Crippen molar-refractivity contribution in [1.29, 1.82) is 0 Å². The van der Waals surface area contributed by atoms with Crippen molar-refractivity contribution in [2.24, 2.45) is 0 Å². The number of carboxylic acids is 1. The summed E-state index contributed by atoms with van der Waals surface area (Å²) in [5, 5.41) is 18.3. The Morgan fingerprint density at radius 2 is 2.00 bits per heavy atom. The van der Waals surface area contributed by atoms with Gasteiger partial charge in [-0.1, -0.05) is 18.3 Å². The van der Waals surface area contributed by atoms with E-state index in [2.05, 4.69) is 20.2 Å². The number of anilines is 1. The molecule has 1 heterocycles. The first-order chi connectivity index (χ1) is 9.10. The second-order valence-corrected chi connectivity index (χ2v) is 6.98. The molecule has 1 unspecified atom stereocenters. The molecular formula is C9H14N4O5S2. The molecule has 112 valence electrons. The van der Waals surface area contributed by atoms with E-state index in [1.54, 1.807) is 6.92 Å². The third kappa shape index (κ3) is 3.71. The molecule has 1 aromatic heterocycles. The van der Waals surface area contributed by atoms with Crippen LogP contribution in [0.25, 0.3) is 0 Å². The van der Waals surface area contributed by atoms with Crippen LogP contribution >= 0.6 is 11.3 Å². The molecule has 0 saturated carbocycles. The minimum atomic E-state index is -4.13. The predicted octanol–water partition coefficient (Wildman–Crippen LogP) is 0.0281. The number of sulfonamides is 1. The van der Waals surface area contributed by atoms with E-state index < -0.39 is 31.8 Å². The van der Waals surface area contributed by atoms with Crippen LogP contribution in [0.15, 0.2) is 4.34 Å². The van der Waals surface area contributed by atoms with Crippen LogP contribution in [0.2, 0.25) is 0 Å². The molecule has 0 aliphatic heterocycles. The lowest BCUT2D eigenvalue weighted by molar-refractivity contribution is -0.143. The molecule has 0 aliphatic carbocycles. The first-order valence-corrected chi connectivity index (χ1v) is 7.79. The SMILES string of the molecule is CCC(C)(NS(=O)(=O)c1nnc(NC(C)=O)s1)C(=O)O. The molecule has 1 atom stereocenters. The van der Waals surface area contributed by atoms with E-state index in [9.17, 15) is 18.0 Å². The molecule has 1 aromatic rings. The van der Waals surface area contributed by atoms with Gasteiger partial charge >= 0.3 is 5.97 Å². The standard InChI is InChI=1S/C9H14N4O5S2/c1-4-9(3,6(15)16)13-20(17,18)8-12-11-7(19-8)10-5(2)14/h13H,4H2,1-3H3,(H,15,16)(H,10,11,14). The Hall–Kier alpha value is -1.59. The maximum atomic E-state index is 12.0. The van der Waals surface area contributed by atoms with Gasteiger partial charge in [0.15, 0.2) is 0 Å². The summed E-state index contributed by atoms with van der Waals surface area (Å²) < 4.78 is 25.7. The highest BCUT2D eigenvalue weighted by molar-refractivity contribution is 7.91. The maximum absolute atomic E-state index is 12.0. The summed E-state index contributed by atoms with van der Waals surface area (Å²) in [6, 6.07) is 0. The Morgan fingerprint density at radius 3 is 2.45 bits per heavy atom. The summed E-state index contributed by atoms with van der Waals surface area (Å²) >= 11 is 0.633. The van der Waals surface area contributed by atoms with E-state index >= 15 is 0 Å². The molecule has 0 aromatic carbocycles. The fourth-order valence-electron chi connectivity index (χ4n) is 1.13. The van der Waals surface area contributed by atoms with E-state index in [-0.39, 0.29) is 11.6 Å². The lowest BCUT2D eigenvalue weighted by Gasteiger charge is -2.23. The number of hydrogen-bond acceptors (Lipinski definition) is 7. The summed E-state index contributed by atoms with van der Waals surface area (Å²) in [6.07, 6.45) is 0.0545. The highest BCUT2D eigenvalue weighted by Gasteiger charge is 2.37. The summed E-state index contributed by atoms with van der Waals surface area (Å²) in [7, 11) is -4.13. The number of rotatable bonds is 6. The van der Waals surface area contributed by atoms with Crippen LogP contribution in [0.1, 0.15) is 27.2 Å². The second-order valence-electron chi connectivity index (χ2n) is 4.15. The Kier molecular flexibility index (Phi) is 4.78. The zero-order valence-corrected chi connectivity index (χ0v) is 12.6. The number of hydrogen-bond donors (Lipinski definition) is 3. The monoisotopic (exact) mass is 322 g/mol. The average Bonchev–Trinajstić information content (AvgIpc) is 2.76. The quantitative estimate of drug-likeness (QED) is 0.628. The van der Waals surface area contributed by atoms with Crippen molar-refractivity contribution in [3.05, 3.63) is 0 Å². The lowest BCUT2D eigenvalue weighted by atomic mass is 10.0. The van der Waals surface area contributed by atoms with Gasteiger partial charge in [0.25, 0.3) is 10.0 Å². The van der Waals surface area contributed by atoms with Crippen molar-refractivity contribution in [2.45, 2.75) is 37.1 Å². The maximum Gasteiger partial charge on any atom is 0.324 e. The third-order valence-corrected chi connectivity index (χ3v) is 5.26. The van der Waals surface area contributed by atoms with Crippen LogP contribution in [-0.2, 0) is 19.6 Å². The number of carbonyl (C=O) groups excluding carboxylic acids is 1. The molecule has 0 saturated heterocycles. The van der Waals surface area contributed by atoms with Gasteiger partial charge in [0.1, 0.15) is 5.54 Å². The number of aromatic nitrogens is 2. The molecule has 1 amide bonds.